The first-order valence-electron chi connectivity index (χ1n) is 10.1. The number of hydrogen-bond donors (Lipinski definition) is 1. The summed E-state index contributed by atoms with van der Waals surface area (Å²) in [6.45, 7) is 0. The molecule has 160 valence electrons. The smallest absolute Gasteiger partial charge is 0.306 e. The Bertz CT molecular complexity index is 1310. The molecule has 0 aliphatic carbocycles. The predicted molar refractivity (Wildman–Crippen MR) is 123 cm³/mol. The van der Waals surface area contributed by atoms with E-state index in [4.69, 9.17) is 37.8 Å². The highest BCUT2D eigenvalue weighted by Gasteiger charge is 2.61. The highest BCUT2D eigenvalue weighted by Crippen LogP contribution is 2.54. The minimum absolute atomic E-state index is 0.231. The van der Waals surface area contributed by atoms with E-state index in [-0.39, 0.29) is 11.9 Å². The van der Waals surface area contributed by atoms with Gasteiger partial charge in [0.25, 0.3) is 5.91 Å². The average Bonchev–Trinajstić information content (AvgIpc) is 3.36. The second kappa shape index (κ2) is 6.89. The van der Waals surface area contributed by atoms with E-state index in [0.717, 1.165) is 22.6 Å². The van der Waals surface area contributed by atoms with Crippen LogP contribution in [0.4, 0.5) is 5.69 Å². The molecule has 6 rings (SSSR count). The number of carbonyl (C=O) groups is 1. The van der Waals surface area contributed by atoms with Gasteiger partial charge in [-0.2, -0.15) is 5.10 Å². The van der Waals surface area contributed by atoms with E-state index in [0.29, 0.717) is 33.5 Å². The van der Waals surface area contributed by atoms with Gasteiger partial charge < -0.3 is 14.8 Å². The van der Waals surface area contributed by atoms with Crippen molar-refractivity contribution >= 4 is 40.5 Å². The summed E-state index contributed by atoms with van der Waals surface area (Å²) in [5, 5.41) is 10.7. The number of nitrogens with zero attached hydrogens (tertiary/aromatic N) is 2. The summed E-state index contributed by atoms with van der Waals surface area (Å²) in [6.07, 6.45) is 0.591. The molecule has 0 saturated carbocycles. The third-order valence-electron chi connectivity index (χ3n) is 6.15. The number of rotatable bonds is 2. The van der Waals surface area contributed by atoms with Gasteiger partial charge in [0.05, 0.1) is 30.1 Å². The van der Waals surface area contributed by atoms with Crippen molar-refractivity contribution in [2.24, 2.45) is 5.10 Å². The summed E-state index contributed by atoms with van der Waals surface area (Å²) in [4.78, 5) is 13.4. The molecule has 3 aliphatic rings. The number of fused-ring (bicyclic) bond motifs is 6. The van der Waals surface area contributed by atoms with Crippen LogP contribution in [0.15, 0.2) is 65.8 Å². The second-order valence-corrected chi connectivity index (χ2v) is 8.78. The largest absolute Gasteiger partial charge is 0.497 e. The van der Waals surface area contributed by atoms with E-state index in [1.165, 1.54) is 0 Å². The van der Waals surface area contributed by atoms with Gasteiger partial charge in [0.2, 0.25) is 0 Å². The number of amides is 1. The summed E-state index contributed by atoms with van der Waals surface area (Å²) in [7, 11) is 1.63. The number of anilines is 1. The highest BCUT2D eigenvalue weighted by molar-refractivity contribution is 6.31. The number of hydrogen-bond acceptors (Lipinski definition) is 5. The second-order valence-electron chi connectivity index (χ2n) is 7.91. The molecule has 0 radical (unpaired) electrons. The summed E-state index contributed by atoms with van der Waals surface area (Å²) >= 11 is 12.6. The van der Waals surface area contributed by atoms with Gasteiger partial charge >= 0.3 is 5.72 Å². The molecular formula is C24H17Cl2N3O3. The number of nitrogens with one attached hydrogen (secondary N) is 1. The molecule has 2 atom stereocenters. The Morgan fingerprint density at radius 3 is 2.62 bits per heavy atom. The van der Waals surface area contributed by atoms with Crippen molar-refractivity contribution in [3.05, 3.63) is 87.4 Å². The number of carbonyl (C=O) groups excluding carboxylic acids is 1. The van der Waals surface area contributed by atoms with E-state index in [1.807, 2.05) is 30.3 Å². The molecule has 2 unspecified atom stereocenters. The summed E-state index contributed by atoms with van der Waals surface area (Å²) in [5.41, 5.74) is 2.52. The fourth-order valence-electron chi connectivity index (χ4n) is 4.64. The molecule has 8 heteroatoms. The minimum Gasteiger partial charge on any atom is -0.497 e. The van der Waals surface area contributed by atoms with Gasteiger partial charge in [0.15, 0.2) is 0 Å². The lowest BCUT2D eigenvalue weighted by atomic mass is 9.92. The van der Waals surface area contributed by atoms with Crippen molar-refractivity contribution in [3.8, 4) is 11.5 Å². The Morgan fingerprint density at radius 1 is 1.09 bits per heavy atom. The molecule has 0 fully saturated rings. The van der Waals surface area contributed by atoms with Crippen LogP contribution in [0.25, 0.3) is 0 Å². The molecule has 6 nitrogen and oxygen atoms in total. The number of methoxy groups -OCH3 is 1. The van der Waals surface area contributed by atoms with Crippen LogP contribution < -0.4 is 14.8 Å². The first-order chi connectivity index (χ1) is 15.5. The molecule has 1 N–H and O–H groups in total. The average molecular weight is 466 g/mol. The number of hydrazone groups is 1. The molecule has 0 bridgehead atoms. The first-order valence-corrected chi connectivity index (χ1v) is 10.9. The zero-order chi connectivity index (χ0) is 22.0. The molecule has 3 aromatic rings. The van der Waals surface area contributed by atoms with E-state index < -0.39 is 5.72 Å². The van der Waals surface area contributed by atoms with Crippen LogP contribution in [0.5, 0.6) is 11.5 Å². The summed E-state index contributed by atoms with van der Waals surface area (Å²) in [6, 6.07) is 18.2. The minimum atomic E-state index is -1.46. The lowest BCUT2D eigenvalue weighted by Crippen LogP contribution is -2.55. The molecule has 32 heavy (non-hydrogen) atoms. The fourth-order valence-corrected chi connectivity index (χ4v) is 5.00. The van der Waals surface area contributed by atoms with Gasteiger partial charge in [0.1, 0.15) is 11.5 Å². The molecule has 1 spiro atoms. The SMILES string of the molecule is COc1ccc(C2=NN3C(C2)c2cc(Cl)ccc2OC32C(=O)Nc3ccc(Cl)cc32)cc1. The highest BCUT2D eigenvalue weighted by atomic mass is 35.5. The number of ether oxygens (including phenoxy) is 2. The maximum atomic E-state index is 13.4. The molecular weight excluding hydrogens is 449 g/mol. The van der Waals surface area contributed by atoms with Gasteiger partial charge in [-0.25, -0.2) is 5.01 Å². The lowest BCUT2D eigenvalue weighted by molar-refractivity contribution is -0.161. The van der Waals surface area contributed by atoms with Crippen LogP contribution in [-0.4, -0.2) is 23.7 Å². The van der Waals surface area contributed by atoms with Crippen molar-refractivity contribution in [3.63, 3.8) is 0 Å². The van der Waals surface area contributed by atoms with Crippen molar-refractivity contribution in [2.75, 3.05) is 12.4 Å². The van der Waals surface area contributed by atoms with Crippen LogP contribution in [0.3, 0.4) is 0 Å². The van der Waals surface area contributed by atoms with E-state index >= 15 is 0 Å². The molecule has 3 heterocycles. The molecule has 0 saturated heterocycles. The molecule has 1 amide bonds. The first kappa shape index (κ1) is 19.5. The summed E-state index contributed by atoms with van der Waals surface area (Å²) < 4.78 is 11.7. The maximum Gasteiger partial charge on any atom is 0.306 e. The Morgan fingerprint density at radius 2 is 1.84 bits per heavy atom. The Balaban J connectivity index is 1.55. The van der Waals surface area contributed by atoms with Crippen LogP contribution in [0, 0.1) is 0 Å². The fraction of sp³-hybridized carbons (Fsp3) is 0.167. The van der Waals surface area contributed by atoms with Crippen molar-refractivity contribution < 1.29 is 14.3 Å². The van der Waals surface area contributed by atoms with Crippen LogP contribution in [0.2, 0.25) is 10.0 Å². The third-order valence-corrected chi connectivity index (χ3v) is 6.62. The van der Waals surface area contributed by atoms with Gasteiger partial charge in [-0.05, 0) is 66.2 Å². The molecule has 3 aromatic carbocycles. The lowest BCUT2D eigenvalue weighted by Gasteiger charge is -2.44. The van der Waals surface area contributed by atoms with Crippen molar-refractivity contribution in [2.45, 2.75) is 18.2 Å². The van der Waals surface area contributed by atoms with Crippen LogP contribution in [-0.2, 0) is 10.5 Å². The van der Waals surface area contributed by atoms with Gasteiger partial charge in [-0.15, -0.1) is 0 Å². The number of halogens is 2. The van der Waals surface area contributed by atoms with E-state index in [1.54, 1.807) is 42.5 Å². The Kier molecular flexibility index (Phi) is 4.19. The molecule has 3 aliphatic heterocycles. The quantitative estimate of drug-likeness (QED) is 0.553. The topological polar surface area (TPSA) is 63.2 Å². The van der Waals surface area contributed by atoms with Crippen LogP contribution in [0.1, 0.15) is 29.2 Å². The third kappa shape index (κ3) is 2.66. The van der Waals surface area contributed by atoms with E-state index in [9.17, 15) is 4.79 Å². The normalized spacial score (nSPS) is 22.6. The monoisotopic (exact) mass is 465 g/mol. The Hall–Kier alpha value is -3.22. The van der Waals surface area contributed by atoms with Gasteiger partial charge in [-0.1, -0.05) is 23.2 Å². The zero-order valence-corrected chi connectivity index (χ0v) is 18.4. The van der Waals surface area contributed by atoms with E-state index in [2.05, 4.69) is 5.32 Å². The van der Waals surface area contributed by atoms with Crippen molar-refractivity contribution in [1.29, 1.82) is 0 Å². The molecule has 0 aromatic heterocycles. The zero-order valence-electron chi connectivity index (χ0n) is 16.9. The standard InChI is InChI=1S/C24H17Cl2N3O3/c1-31-16-6-2-13(3-7-16)20-12-21-17-10-14(25)5-9-22(17)32-24(29(21)28-20)18-11-15(26)4-8-19(18)27-23(24)30/h2-11,21H,12H2,1H3,(H,27,30). The predicted octanol–water partition coefficient (Wildman–Crippen LogP) is 5.35. The number of benzene rings is 3. The van der Waals surface area contributed by atoms with Crippen LogP contribution >= 0.6 is 23.2 Å². The summed E-state index contributed by atoms with van der Waals surface area (Å²) in [5.74, 6) is 1.06. The Labute approximate surface area is 194 Å². The van der Waals surface area contributed by atoms with Crippen molar-refractivity contribution in [1.82, 2.24) is 5.01 Å². The van der Waals surface area contributed by atoms with Gasteiger partial charge in [0, 0.05) is 22.0 Å². The maximum absolute atomic E-state index is 13.4. The van der Waals surface area contributed by atoms with Gasteiger partial charge in [-0.3, -0.25) is 4.79 Å².